The first-order valence-corrected chi connectivity index (χ1v) is 9.62. The van der Waals surface area contributed by atoms with Gasteiger partial charge < -0.3 is 14.2 Å². The van der Waals surface area contributed by atoms with Gasteiger partial charge in [-0.1, -0.05) is 30.1 Å². The maximum absolute atomic E-state index is 14.5. The van der Waals surface area contributed by atoms with E-state index < -0.39 is 18.4 Å². The van der Waals surface area contributed by atoms with E-state index in [0.29, 0.717) is 29.2 Å². The smallest absolute Gasteiger partial charge is 0.301 e. The zero-order valence-electron chi connectivity index (χ0n) is 14.3. The number of fused-ring (bicyclic) bond motifs is 1. The van der Waals surface area contributed by atoms with Gasteiger partial charge >= 0.3 is 6.01 Å². The van der Waals surface area contributed by atoms with E-state index in [9.17, 15) is 4.39 Å². The number of imidazole rings is 1. The van der Waals surface area contributed by atoms with Gasteiger partial charge in [0.1, 0.15) is 16.9 Å². The highest BCUT2D eigenvalue weighted by Crippen LogP contribution is 2.35. The van der Waals surface area contributed by atoms with Gasteiger partial charge in [-0.15, -0.1) is 0 Å². The third kappa shape index (κ3) is 3.26. The van der Waals surface area contributed by atoms with Crippen LogP contribution in [0.25, 0.3) is 11.2 Å². The fraction of sp³-hybridized carbons (Fsp3) is 0.647. The summed E-state index contributed by atoms with van der Waals surface area (Å²) in [5.41, 5.74) is 1.05. The highest BCUT2D eigenvalue weighted by molar-refractivity contribution is 6.41. The molecule has 4 heterocycles. The lowest BCUT2D eigenvalue weighted by atomic mass is 10.1. The first kappa shape index (κ1) is 18.2. The van der Waals surface area contributed by atoms with Crippen molar-refractivity contribution in [1.82, 2.24) is 14.5 Å². The van der Waals surface area contributed by atoms with Crippen LogP contribution in [0.2, 0.25) is 10.2 Å². The molecule has 1 unspecified atom stereocenters. The van der Waals surface area contributed by atoms with Crippen molar-refractivity contribution in [1.29, 1.82) is 0 Å². The zero-order valence-corrected chi connectivity index (χ0v) is 15.8. The minimum atomic E-state index is -1.21. The third-order valence-electron chi connectivity index (χ3n) is 4.83. The predicted molar refractivity (Wildman–Crippen MR) is 95.7 cm³/mol. The number of pyridine rings is 1. The van der Waals surface area contributed by atoms with Crippen LogP contribution in [0.3, 0.4) is 0 Å². The lowest BCUT2D eigenvalue weighted by Crippen LogP contribution is -2.32. The molecule has 0 saturated carbocycles. The van der Waals surface area contributed by atoms with Crippen LogP contribution in [0.5, 0.6) is 6.01 Å². The van der Waals surface area contributed by atoms with Crippen molar-refractivity contribution in [2.75, 3.05) is 13.2 Å². The molecule has 0 N–H and O–H groups in total. The fourth-order valence-corrected chi connectivity index (χ4v) is 3.72. The molecule has 9 heteroatoms. The maximum atomic E-state index is 14.5. The molecule has 0 aliphatic carbocycles. The Morgan fingerprint density at radius 3 is 2.85 bits per heavy atom. The first-order valence-electron chi connectivity index (χ1n) is 8.86. The lowest BCUT2D eigenvalue weighted by molar-refractivity contribution is -0.0371. The average molecular weight is 404 g/mol. The van der Waals surface area contributed by atoms with Crippen LogP contribution >= 0.6 is 23.2 Å². The summed E-state index contributed by atoms with van der Waals surface area (Å²) in [5.74, 6) is 0. The normalized spacial score (nSPS) is 29.4. The second-order valence-corrected chi connectivity index (χ2v) is 7.34. The number of nitrogens with zero attached hydrogens (tertiary/aromatic N) is 3. The van der Waals surface area contributed by atoms with Gasteiger partial charge in [0.25, 0.3) is 0 Å². The second kappa shape index (κ2) is 7.46. The molecule has 2 aliphatic rings. The van der Waals surface area contributed by atoms with Crippen LogP contribution < -0.4 is 4.74 Å². The largest absolute Gasteiger partial charge is 0.456 e. The third-order valence-corrected chi connectivity index (χ3v) is 5.50. The van der Waals surface area contributed by atoms with Crippen molar-refractivity contribution >= 4 is 34.4 Å². The molecule has 142 valence electrons. The summed E-state index contributed by atoms with van der Waals surface area (Å²) in [7, 11) is 0. The summed E-state index contributed by atoms with van der Waals surface area (Å²) in [5, 5.41) is 0.486. The van der Waals surface area contributed by atoms with Gasteiger partial charge in [-0.05, 0) is 31.7 Å². The van der Waals surface area contributed by atoms with Gasteiger partial charge in [0.15, 0.2) is 17.9 Å². The maximum Gasteiger partial charge on any atom is 0.301 e. The topological polar surface area (TPSA) is 58.4 Å². The Kier molecular flexibility index (Phi) is 5.23. The first-order chi connectivity index (χ1) is 12.6. The second-order valence-electron chi connectivity index (χ2n) is 6.57. The van der Waals surface area contributed by atoms with Gasteiger partial charge in [-0.3, -0.25) is 4.57 Å². The quantitative estimate of drug-likeness (QED) is 0.710. The summed E-state index contributed by atoms with van der Waals surface area (Å²) in [6.07, 6.45) is 0.742. The van der Waals surface area contributed by atoms with Crippen LogP contribution in [0.15, 0.2) is 6.07 Å². The van der Waals surface area contributed by atoms with Crippen molar-refractivity contribution in [2.45, 2.75) is 57.2 Å². The minimum Gasteiger partial charge on any atom is -0.456 e. The van der Waals surface area contributed by atoms with Gasteiger partial charge in [0.2, 0.25) is 0 Å². The van der Waals surface area contributed by atoms with Crippen LogP contribution in [-0.2, 0) is 9.47 Å². The molecule has 0 amide bonds. The summed E-state index contributed by atoms with van der Waals surface area (Å²) < 4.78 is 33.5. The molecule has 2 aliphatic heterocycles. The molecule has 4 rings (SSSR count). The molecule has 0 aromatic carbocycles. The number of hydrogen-bond acceptors (Lipinski definition) is 5. The van der Waals surface area contributed by atoms with Crippen LogP contribution in [0.4, 0.5) is 4.39 Å². The number of hydrogen-bond donors (Lipinski definition) is 0. The summed E-state index contributed by atoms with van der Waals surface area (Å²) in [4.78, 5) is 8.82. The Bertz CT molecular complexity index is 797. The number of halogens is 3. The molecule has 2 aromatic rings. The number of alkyl halides is 1. The Balaban J connectivity index is 1.73. The monoisotopic (exact) mass is 403 g/mol. The van der Waals surface area contributed by atoms with Crippen molar-refractivity contribution in [3.63, 3.8) is 0 Å². The molecule has 0 spiro atoms. The minimum absolute atomic E-state index is 0.182. The van der Waals surface area contributed by atoms with Crippen LogP contribution in [-0.4, -0.2) is 46.1 Å². The molecule has 2 fully saturated rings. The van der Waals surface area contributed by atoms with Crippen molar-refractivity contribution in [2.24, 2.45) is 0 Å². The van der Waals surface area contributed by atoms with Gasteiger partial charge in [-0.2, -0.15) is 4.98 Å². The van der Waals surface area contributed by atoms with Crippen LogP contribution in [0.1, 0.15) is 38.8 Å². The Morgan fingerprint density at radius 2 is 2.15 bits per heavy atom. The molecular formula is C17H20Cl2FN3O3. The summed E-state index contributed by atoms with van der Waals surface area (Å²) in [6, 6.07) is 1.89. The predicted octanol–water partition coefficient (Wildman–Crippen LogP) is 4.33. The van der Waals surface area contributed by atoms with Gasteiger partial charge in [-0.25, -0.2) is 9.37 Å². The zero-order chi connectivity index (χ0) is 18.3. The van der Waals surface area contributed by atoms with Gasteiger partial charge in [0, 0.05) is 6.61 Å². The van der Waals surface area contributed by atoms with E-state index in [1.165, 1.54) is 0 Å². The van der Waals surface area contributed by atoms with Crippen molar-refractivity contribution < 1.29 is 18.6 Å². The molecule has 6 nitrogen and oxygen atoms in total. The molecule has 0 radical (unpaired) electrons. The Hall–Kier alpha value is -1.15. The molecule has 0 bridgehead atoms. The van der Waals surface area contributed by atoms with E-state index in [-0.39, 0.29) is 24.0 Å². The van der Waals surface area contributed by atoms with Crippen molar-refractivity contribution in [3.05, 3.63) is 16.2 Å². The van der Waals surface area contributed by atoms with E-state index in [0.717, 1.165) is 19.3 Å². The van der Waals surface area contributed by atoms with Gasteiger partial charge in [0.05, 0.1) is 17.7 Å². The molecule has 26 heavy (non-hydrogen) atoms. The molecule has 4 atom stereocenters. The standard InChI is InChI=1S/C17H20Cl2FN3O3/c1-2-11-14(20)12(8-25-11)26-17-21-10-7-9(18)15(19)22-16(10)23(17)13-5-3-4-6-24-13/h7,11-14H,2-6,8H2,1H3/t11-,12-,13?,14-/m1/s1. The SMILES string of the molecule is CC[C@H]1OC[C@@H](Oc2nc3cc(Cl)c(Cl)nc3n2C2CCCCO2)[C@@H]1F. The highest BCUT2D eigenvalue weighted by atomic mass is 35.5. The number of rotatable bonds is 4. The summed E-state index contributed by atoms with van der Waals surface area (Å²) in [6.45, 7) is 2.71. The van der Waals surface area contributed by atoms with Crippen LogP contribution in [0, 0.1) is 0 Å². The number of ether oxygens (including phenoxy) is 3. The Morgan fingerprint density at radius 1 is 1.31 bits per heavy atom. The molecule has 2 aromatic heterocycles. The molecule has 2 saturated heterocycles. The fourth-order valence-electron chi connectivity index (χ4n) is 3.44. The summed E-state index contributed by atoms with van der Waals surface area (Å²) >= 11 is 12.2. The lowest BCUT2D eigenvalue weighted by Gasteiger charge is -2.26. The van der Waals surface area contributed by atoms with E-state index in [2.05, 4.69) is 9.97 Å². The highest BCUT2D eigenvalue weighted by Gasteiger charge is 2.39. The van der Waals surface area contributed by atoms with Crippen molar-refractivity contribution in [3.8, 4) is 6.01 Å². The molecular weight excluding hydrogens is 384 g/mol. The van der Waals surface area contributed by atoms with E-state index in [1.54, 1.807) is 10.6 Å². The van der Waals surface area contributed by atoms with E-state index in [1.807, 2.05) is 6.92 Å². The number of aromatic nitrogens is 3. The Labute approximate surface area is 160 Å². The van der Waals surface area contributed by atoms with E-state index >= 15 is 0 Å². The average Bonchev–Trinajstić information content (AvgIpc) is 3.16. The van der Waals surface area contributed by atoms with E-state index in [4.69, 9.17) is 37.4 Å².